The summed E-state index contributed by atoms with van der Waals surface area (Å²) in [6, 6.07) is 18.1. The molecule has 0 saturated carbocycles. The molecule has 0 atom stereocenters. The summed E-state index contributed by atoms with van der Waals surface area (Å²) in [5.41, 5.74) is 1.40. The Kier molecular flexibility index (Phi) is 24.0. The van der Waals surface area contributed by atoms with Gasteiger partial charge >= 0.3 is 11.6 Å². The van der Waals surface area contributed by atoms with E-state index in [0.717, 1.165) is 0 Å². The Balaban J connectivity index is -0.000000394. The Morgan fingerprint density at radius 2 is 0.935 bits per heavy atom. The third-order valence-corrected chi connectivity index (χ3v) is 2.83. The minimum atomic E-state index is 0. The quantitative estimate of drug-likeness (QED) is 0.183. The van der Waals surface area contributed by atoms with E-state index in [2.05, 4.69) is 0 Å². The molecule has 0 unspecified atom stereocenters. The van der Waals surface area contributed by atoms with Crippen LogP contribution < -0.4 is 0 Å². The van der Waals surface area contributed by atoms with E-state index in [-0.39, 0.29) is 48.9 Å². The van der Waals surface area contributed by atoms with Gasteiger partial charge in [0.25, 0.3) is 0 Å². The van der Waals surface area contributed by atoms with Gasteiger partial charge in [0.05, 0.1) is 34.8 Å². The van der Waals surface area contributed by atoms with Crippen LogP contribution in [-0.4, -0.2) is 54.8 Å². The van der Waals surface area contributed by atoms with Gasteiger partial charge in [-0.2, -0.15) is 0 Å². The average Bonchev–Trinajstić information content (AvgIpc) is 2.70. The summed E-state index contributed by atoms with van der Waals surface area (Å²) in [4.78, 5) is 18.7. The minimum absolute atomic E-state index is 0. The second-order valence-electron chi connectivity index (χ2n) is 5.78. The van der Waals surface area contributed by atoms with Crippen LogP contribution >= 0.6 is 0 Å². The number of ketones is 2. The predicted octanol–water partition coefficient (Wildman–Crippen LogP) is 3.54. The third-order valence-electron chi connectivity index (χ3n) is 2.83. The standard InChI is InChI=1S/2C10H10O2.2C2H6O.Hf/c2*1-8(11)7-10(12)9-5-3-2-4-6-9;2*1-2-3;/h2*2-7,11H,1H3;2*3H,2H2,1H3;/p+4/b2*8-7-;;;. The first-order valence-corrected chi connectivity index (χ1v) is 9.49. The Hall–Kier alpha value is -2.35. The average molecular weight is 599 g/mol. The predicted molar refractivity (Wildman–Crippen MR) is 126 cm³/mol. The molecule has 0 saturated heterocycles. The maximum atomic E-state index is 9.37. The fourth-order valence-electron chi connectivity index (χ4n) is 1.78. The van der Waals surface area contributed by atoms with Gasteiger partial charge in [0.1, 0.15) is 13.2 Å². The normalized spacial score (nSPS) is 9.87. The van der Waals surface area contributed by atoms with Crippen LogP contribution in [0, 0.1) is 0 Å². The molecule has 2 rings (SSSR count). The van der Waals surface area contributed by atoms with Crippen molar-refractivity contribution in [2.75, 3.05) is 13.2 Å². The number of allylic oxidation sites excluding steroid dienone is 4. The van der Waals surface area contributed by atoms with Crippen LogP contribution in [0.4, 0.5) is 0 Å². The fourth-order valence-corrected chi connectivity index (χ4v) is 1.78. The molecule has 168 valence electrons. The van der Waals surface area contributed by atoms with E-state index in [9.17, 15) is 9.59 Å². The molecule has 0 radical (unpaired) electrons. The molecule has 0 heterocycles. The molecule has 31 heavy (non-hydrogen) atoms. The van der Waals surface area contributed by atoms with Crippen LogP contribution in [-0.2, 0) is 25.8 Å². The summed E-state index contributed by atoms with van der Waals surface area (Å²) in [5.74, 6) is 0.346. The largest absolute Gasteiger partial charge is 0.512 e. The molecule has 2 aromatic rings. The molecule has 0 bridgehead atoms. The summed E-state index contributed by atoms with van der Waals surface area (Å²) >= 11 is 0. The molecule has 8 N–H and O–H groups in total. The Bertz CT molecular complexity index is 696. The molecule has 7 heteroatoms. The zero-order valence-corrected chi connectivity index (χ0v) is 22.2. The van der Waals surface area contributed by atoms with E-state index >= 15 is 0 Å². The zero-order chi connectivity index (χ0) is 23.4. The Morgan fingerprint density at radius 3 is 1.13 bits per heavy atom. The molecule has 0 aliphatic carbocycles. The van der Waals surface area contributed by atoms with Gasteiger partial charge in [0, 0.05) is 39.7 Å². The van der Waals surface area contributed by atoms with Crippen LogP contribution in [0.2, 0.25) is 0 Å². The summed E-state index contributed by atoms with van der Waals surface area (Å²) in [5, 5.41) is 30.1. The van der Waals surface area contributed by atoms with E-state index in [1.165, 1.54) is 26.0 Å². The van der Waals surface area contributed by atoms with Crippen molar-refractivity contribution in [2.45, 2.75) is 27.7 Å². The van der Waals surface area contributed by atoms with Gasteiger partial charge in [-0.1, -0.05) is 36.4 Å². The second kappa shape index (κ2) is 22.3. The Labute approximate surface area is 203 Å². The molecule has 0 aliphatic heterocycles. The molecule has 0 fully saturated rings. The van der Waals surface area contributed by atoms with Crippen LogP contribution in [0.3, 0.4) is 0 Å². The molecule has 0 aromatic heterocycles. The van der Waals surface area contributed by atoms with Gasteiger partial charge in [0.15, 0.2) is 0 Å². The number of aliphatic hydroxyl groups excluding tert-OH is 2. The van der Waals surface area contributed by atoms with E-state index in [4.69, 9.17) is 20.4 Å². The van der Waals surface area contributed by atoms with Gasteiger partial charge in [0.2, 0.25) is 0 Å². The first-order valence-electron chi connectivity index (χ1n) is 9.49. The smallest absolute Gasteiger partial charge is 0.350 e. The van der Waals surface area contributed by atoms with Gasteiger partial charge in [-0.05, 0) is 38.1 Å². The van der Waals surface area contributed by atoms with Crippen LogP contribution in [0.25, 0.3) is 0 Å². The van der Waals surface area contributed by atoms with Gasteiger partial charge in [-0.25, -0.2) is 0 Å². The van der Waals surface area contributed by atoms with Gasteiger partial charge in [-0.3, -0.25) is 9.59 Å². The molecule has 6 nitrogen and oxygen atoms in total. The molecular weight excluding hydrogens is 563 g/mol. The van der Waals surface area contributed by atoms with Crippen LogP contribution in [0.15, 0.2) is 84.3 Å². The fraction of sp³-hybridized carbons (Fsp3) is 0.250. The maximum Gasteiger partial charge on any atom is 0.350 e. The summed E-state index contributed by atoms with van der Waals surface area (Å²) < 4.78 is 0. The minimum Gasteiger partial charge on any atom is -0.512 e. The van der Waals surface area contributed by atoms with Crippen molar-refractivity contribution in [3.05, 3.63) is 95.5 Å². The number of aliphatic hydroxyl groups is 2. The van der Waals surface area contributed by atoms with Crippen molar-refractivity contribution in [2.24, 2.45) is 0 Å². The first-order chi connectivity index (χ1) is 14.2. The third kappa shape index (κ3) is 20.7. The van der Waals surface area contributed by atoms with E-state index in [1.54, 1.807) is 38.1 Å². The number of carbonyl (C=O) groups excluding carboxylic acids is 2. The number of hydrogen-bond donors (Lipinski definition) is 2. The summed E-state index contributed by atoms with van der Waals surface area (Å²) in [7, 11) is 0. The topological polar surface area (TPSA) is 129 Å². The van der Waals surface area contributed by atoms with E-state index < -0.39 is 0 Å². The molecule has 0 spiro atoms. The zero-order valence-electron chi connectivity index (χ0n) is 18.6. The Morgan fingerprint density at radius 1 is 0.710 bits per heavy atom. The van der Waals surface area contributed by atoms with E-state index in [1.807, 2.05) is 36.4 Å². The van der Waals surface area contributed by atoms with Gasteiger partial charge in [-0.15, -0.1) is 0 Å². The monoisotopic (exact) mass is 600 g/mol. The van der Waals surface area contributed by atoms with Crippen molar-refractivity contribution in [1.82, 2.24) is 0 Å². The first kappa shape index (κ1) is 33.3. The molecule has 2 aromatic carbocycles. The summed E-state index contributed by atoms with van der Waals surface area (Å²) in [6.45, 7) is 7.61. The number of rotatable bonds is 4. The maximum absolute atomic E-state index is 9.37. The van der Waals surface area contributed by atoms with Crippen LogP contribution in [0.5, 0.6) is 0 Å². The number of benzene rings is 2. The molecule has 0 aliphatic rings. The SMILES string of the molecule is C/C(O)=C/C(=[OH+])c1ccccc1.C/C(O)=C/C(=[OH+])c1ccccc1.CC[OH2+].CC[OH2+].[Hf]. The molecular formula is C24H36HfO6+4. The van der Waals surface area contributed by atoms with Crippen molar-refractivity contribution in [3.8, 4) is 0 Å². The van der Waals surface area contributed by atoms with E-state index in [0.29, 0.717) is 24.3 Å². The van der Waals surface area contributed by atoms with Crippen LogP contribution in [0.1, 0.15) is 38.8 Å². The van der Waals surface area contributed by atoms with Crippen molar-refractivity contribution >= 4 is 11.6 Å². The number of hydrogen-bond acceptors (Lipinski definition) is 2. The van der Waals surface area contributed by atoms with Crippen molar-refractivity contribution in [3.63, 3.8) is 0 Å². The second-order valence-corrected chi connectivity index (χ2v) is 5.78. The molecule has 0 amide bonds. The summed E-state index contributed by atoms with van der Waals surface area (Å²) in [6.07, 6.45) is 2.63. The van der Waals surface area contributed by atoms with Crippen molar-refractivity contribution in [1.29, 1.82) is 0 Å². The van der Waals surface area contributed by atoms with Gasteiger partial charge < -0.3 is 20.4 Å². The van der Waals surface area contributed by atoms with Crippen molar-refractivity contribution < 1.29 is 55.9 Å².